The van der Waals surface area contributed by atoms with Crippen molar-refractivity contribution < 1.29 is 9.30 Å². The molecule has 4 nitrogen and oxygen atoms in total. The zero-order chi connectivity index (χ0) is 22.8. The van der Waals surface area contributed by atoms with Gasteiger partial charge in [-0.25, -0.2) is 4.57 Å². The van der Waals surface area contributed by atoms with Gasteiger partial charge in [-0.05, 0) is 99.4 Å². The van der Waals surface area contributed by atoms with Gasteiger partial charge in [0.2, 0.25) is 0 Å². The van der Waals surface area contributed by atoms with Crippen molar-refractivity contribution in [1.82, 2.24) is 4.57 Å². The number of ether oxygens (including phenoxy) is 1. The van der Waals surface area contributed by atoms with Gasteiger partial charge in [-0.2, -0.15) is 4.57 Å². The van der Waals surface area contributed by atoms with E-state index in [1.807, 2.05) is 0 Å². The summed E-state index contributed by atoms with van der Waals surface area (Å²) in [6.07, 6.45) is 12.6. The normalized spacial score (nSPS) is 20.7. The molecule has 2 aromatic carbocycles. The first-order valence-electron chi connectivity index (χ1n) is 12.8. The van der Waals surface area contributed by atoms with Crippen LogP contribution in [-0.4, -0.2) is 24.8 Å². The van der Waals surface area contributed by atoms with E-state index in [1.165, 1.54) is 73.4 Å². The van der Waals surface area contributed by atoms with Crippen molar-refractivity contribution in [3.05, 3.63) is 60.6 Å². The fourth-order valence-electron chi connectivity index (χ4n) is 5.38. The molecule has 2 aliphatic rings. The van der Waals surface area contributed by atoms with E-state index in [2.05, 4.69) is 89.8 Å². The average molecular weight is 445 g/mol. The smallest absolute Gasteiger partial charge is 0.262 e. The molecule has 0 radical (unpaired) electrons. The average Bonchev–Trinajstić information content (AvgIpc) is 3.02. The minimum absolute atomic E-state index is 0.377. The Morgan fingerprint density at radius 2 is 1.61 bits per heavy atom. The standard InChI is InChI=1S/C29H38N3O/c1-22-8-16-26(17-9-22)33-27-18-14-25(15-19-27)32-21-28(31-20-6-4-5-7-29(31)32)23-10-12-24(13-11-23)30(2)3/h10-15,18-19,21-22,26H,4-9,16-17,20H2,1-3H3/q+1. The van der Waals surface area contributed by atoms with E-state index >= 15 is 0 Å². The van der Waals surface area contributed by atoms with Crippen LogP contribution in [0.3, 0.4) is 0 Å². The van der Waals surface area contributed by atoms with E-state index in [-0.39, 0.29) is 0 Å². The molecule has 0 amide bonds. The van der Waals surface area contributed by atoms with Crippen LogP contribution in [0, 0.1) is 5.92 Å². The van der Waals surface area contributed by atoms with Crippen LogP contribution in [0.1, 0.15) is 57.7 Å². The van der Waals surface area contributed by atoms with E-state index in [0.717, 1.165) is 24.6 Å². The molecular formula is C29H38N3O+. The van der Waals surface area contributed by atoms with Crippen molar-refractivity contribution in [2.45, 2.75) is 70.9 Å². The highest BCUT2D eigenvalue weighted by atomic mass is 16.5. The molecule has 0 bridgehead atoms. The van der Waals surface area contributed by atoms with Gasteiger partial charge < -0.3 is 9.64 Å². The third kappa shape index (κ3) is 4.80. The van der Waals surface area contributed by atoms with Crippen LogP contribution in [0.2, 0.25) is 0 Å². The molecule has 1 aliphatic carbocycles. The van der Waals surface area contributed by atoms with Crippen LogP contribution < -0.4 is 14.2 Å². The van der Waals surface area contributed by atoms with Crippen LogP contribution in [0.4, 0.5) is 5.69 Å². The Labute approximate surface area is 198 Å². The minimum Gasteiger partial charge on any atom is -0.490 e. The summed E-state index contributed by atoms with van der Waals surface area (Å²) in [5.41, 5.74) is 5.06. The topological polar surface area (TPSA) is 21.3 Å². The number of rotatable bonds is 5. The van der Waals surface area contributed by atoms with Crippen molar-refractivity contribution >= 4 is 5.69 Å². The van der Waals surface area contributed by atoms with Crippen LogP contribution in [0.15, 0.2) is 54.7 Å². The van der Waals surface area contributed by atoms with Crippen molar-refractivity contribution in [2.24, 2.45) is 5.92 Å². The molecule has 1 saturated carbocycles. The number of hydrogen-bond acceptors (Lipinski definition) is 2. The molecule has 174 valence electrons. The highest BCUT2D eigenvalue weighted by molar-refractivity contribution is 5.61. The Morgan fingerprint density at radius 1 is 0.879 bits per heavy atom. The second-order valence-corrected chi connectivity index (χ2v) is 10.2. The lowest BCUT2D eigenvalue weighted by atomic mass is 9.89. The lowest BCUT2D eigenvalue weighted by Crippen LogP contribution is -2.38. The Bertz CT molecular complexity index is 1060. The summed E-state index contributed by atoms with van der Waals surface area (Å²) in [4.78, 5) is 2.15. The molecule has 3 aromatic rings. The molecule has 5 rings (SSSR count). The monoisotopic (exact) mass is 444 g/mol. The number of nitrogens with zero attached hydrogens (tertiary/aromatic N) is 3. The first-order chi connectivity index (χ1) is 16.1. The molecule has 1 aromatic heterocycles. The van der Waals surface area contributed by atoms with Gasteiger partial charge in [0.25, 0.3) is 5.82 Å². The van der Waals surface area contributed by atoms with Gasteiger partial charge in [-0.1, -0.05) is 6.92 Å². The largest absolute Gasteiger partial charge is 0.490 e. The lowest BCUT2D eigenvalue weighted by Gasteiger charge is -2.26. The van der Waals surface area contributed by atoms with E-state index in [9.17, 15) is 0 Å². The van der Waals surface area contributed by atoms with Gasteiger partial charge in [-0.3, -0.25) is 0 Å². The second-order valence-electron chi connectivity index (χ2n) is 10.2. The molecule has 1 aliphatic heterocycles. The second kappa shape index (κ2) is 9.62. The molecule has 1 fully saturated rings. The Balaban J connectivity index is 1.43. The fraction of sp³-hybridized carbons (Fsp3) is 0.483. The summed E-state index contributed by atoms with van der Waals surface area (Å²) in [5, 5.41) is 0. The molecule has 4 heteroatoms. The Hall–Kier alpha value is -2.75. The van der Waals surface area contributed by atoms with E-state index < -0.39 is 0 Å². The summed E-state index contributed by atoms with van der Waals surface area (Å²) in [6.45, 7) is 3.45. The number of hydrogen-bond donors (Lipinski definition) is 0. The Morgan fingerprint density at radius 3 is 2.30 bits per heavy atom. The highest BCUT2D eigenvalue weighted by Crippen LogP contribution is 2.29. The third-order valence-electron chi connectivity index (χ3n) is 7.47. The lowest BCUT2D eigenvalue weighted by molar-refractivity contribution is -0.692. The van der Waals surface area contributed by atoms with Crippen molar-refractivity contribution in [3.8, 4) is 22.7 Å². The summed E-state index contributed by atoms with van der Waals surface area (Å²) < 4.78 is 11.3. The molecule has 0 atom stereocenters. The molecule has 33 heavy (non-hydrogen) atoms. The highest BCUT2D eigenvalue weighted by Gasteiger charge is 2.27. The predicted octanol–water partition coefficient (Wildman–Crippen LogP) is 6.18. The number of benzene rings is 2. The van der Waals surface area contributed by atoms with Gasteiger partial charge in [-0.15, -0.1) is 0 Å². The van der Waals surface area contributed by atoms with Crippen molar-refractivity contribution in [2.75, 3.05) is 19.0 Å². The third-order valence-corrected chi connectivity index (χ3v) is 7.47. The maximum atomic E-state index is 6.31. The quantitative estimate of drug-likeness (QED) is 0.438. The molecule has 2 heterocycles. The van der Waals surface area contributed by atoms with Crippen LogP contribution in [0.25, 0.3) is 16.9 Å². The van der Waals surface area contributed by atoms with E-state index in [0.29, 0.717) is 6.10 Å². The summed E-state index contributed by atoms with van der Waals surface area (Å²) in [6, 6.07) is 17.7. The van der Waals surface area contributed by atoms with Gasteiger partial charge in [0.15, 0.2) is 5.69 Å². The molecular weight excluding hydrogens is 406 g/mol. The van der Waals surface area contributed by atoms with Crippen molar-refractivity contribution in [1.29, 1.82) is 0 Å². The van der Waals surface area contributed by atoms with Gasteiger partial charge in [0.1, 0.15) is 17.6 Å². The van der Waals surface area contributed by atoms with Crippen LogP contribution >= 0.6 is 0 Å². The number of imidazole rings is 1. The zero-order valence-corrected chi connectivity index (χ0v) is 20.5. The molecule has 0 saturated heterocycles. The molecule has 0 spiro atoms. The van der Waals surface area contributed by atoms with Crippen LogP contribution in [0.5, 0.6) is 5.75 Å². The maximum absolute atomic E-state index is 6.31. The minimum atomic E-state index is 0.377. The van der Waals surface area contributed by atoms with Gasteiger partial charge in [0, 0.05) is 31.8 Å². The summed E-state index contributed by atoms with van der Waals surface area (Å²) >= 11 is 0. The molecule has 0 N–H and O–H groups in total. The van der Waals surface area contributed by atoms with Gasteiger partial charge in [0.05, 0.1) is 12.6 Å². The number of anilines is 1. The number of fused-ring (bicyclic) bond motifs is 1. The summed E-state index contributed by atoms with van der Waals surface area (Å²) in [5.74, 6) is 3.26. The zero-order valence-electron chi connectivity index (χ0n) is 20.5. The van der Waals surface area contributed by atoms with Crippen LogP contribution in [-0.2, 0) is 13.0 Å². The first kappa shape index (κ1) is 22.1. The fourth-order valence-corrected chi connectivity index (χ4v) is 5.38. The summed E-state index contributed by atoms with van der Waals surface area (Å²) in [7, 11) is 4.18. The van der Waals surface area contributed by atoms with Crippen molar-refractivity contribution in [3.63, 3.8) is 0 Å². The maximum Gasteiger partial charge on any atom is 0.262 e. The van der Waals surface area contributed by atoms with Gasteiger partial charge >= 0.3 is 0 Å². The molecule has 0 unspecified atom stereocenters. The first-order valence-corrected chi connectivity index (χ1v) is 12.8. The Kier molecular flexibility index (Phi) is 6.43. The van der Waals surface area contributed by atoms with E-state index in [4.69, 9.17) is 4.74 Å². The SMILES string of the molecule is CC1CCC(Oc2ccc(-n3cc(-c4ccc(N(C)C)cc4)[n+]4c3CCCCC4)cc2)CC1. The van der Waals surface area contributed by atoms with E-state index in [1.54, 1.807) is 0 Å². The number of aromatic nitrogens is 2. The predicted molar refractivity (Wildman–Crippen MR) is 135 cm³/mol.